The van der Waals surface area contributed by atoms with Gasteiger partial charge in [0.15, 0.2) is 11.7 Å². The second-order valence-corrected chi connectivity index (χ2v) is 10.5. The normalized spacial score (nSPS) is 12.8. The van der Waals surface area contributed by atoms with Crippen LogP contribution in [0.5, 0.6) is 5.75 Å². The Morgan fingerprint density at radius 2 is 1.94 bits per heavy atom. The van der Waals surface area contributed by atoms with Crippen LogP contribution >= 0.6 is 55.4 Å². The van der Waals surface area contributed by atoms with Crippen LogP contribution in [0.2, 0.25) is 0 Å². The van der Waals surface area contributed by atoms with Gasteiger partial charge in [-0.05, 0) is 88.4 Å². The van der Waals surface area contributed by atoms with E-state index in [1.54, 1.807) is 6.07 Å². The lowest BCUT2D eigenvalue weighted by molar-refractivity contribution is -0.121. The first kappa shape index (κ1) is 23.2. The first-order chi connectivity index (χ1) is 15.3. The maximum absolute atomic E-state index is 12.4. The van der Waals surface area contributed by atoms with Crippen molar-refractivity contribution in [3.8, 4) is 5.75 Å². The lowest BCUT2D eigenvalue weighted by Crippen LogP contribution is -2.37. The Balaban J connectivity index is 1.39. The molecular weight excluding hydrogens is 578 g/mol. The van der Waals surface area contributed by atoms with E-state index in [9.17, 15) is 9.59 Å². The highest BCUT2D eigenvalue weighted by atomic mass is 79.9. The third-order valence-corrected chi connectivity index (χ3v) is 7.86. The van der Waals surface area contributed by atoms with Crippen molar-refractivity contribution in [3.63, 3.8) is 0 Å². The average molecular weight is 597 g/mol. The van der Waals surface area contributed by atoms with Crippen LogP contribution < -0.4 is 21.1 Å². The Labute approximate surface area is 211 Å². The Bertz CT molecular complexity index is 1240. The number of nitrogens with one attached hydrogen (secondary N) is 2. The van der Waals surface area contributed by atoms with Crippen molar-refractivity contribution in [1.29, 1.82) is 0 Å². The predicted octanol–water partition coefficient (Wildman–Crippen LogP) is 5.30. The summed E-state index contributed by atoms with van der Waals surface area (Å²) in [7, 11) is 0. The van der Waals surface area contributed by atoms with Crippen molar-refractivity contribution in [2.45, 2.75) is 25.7 Å². The van der Waals surface area contributed by atoms with Gasteiger partial charge in [0.2, 0.25) is 0 Å². The molecule has 166 valence electrons. The van der Waals surface area contributed by atoms with Gasteiger partial charge in [-0.2, -0.15) is 0 Å². The number of hydrogen-bond donors (Lipinski definition) is 3. The van der Waals surface area contributed by atoms with Gasteiger partial charge in [0.1, 0.15) is 10.8 Å². The zero-order chi connectivity index (χ0) is 22.8. The van der Waals surface area contributed by atoms with Crippen molar-refractivity contribution < 1.29 is 14.3 Å². The summed E-state index contributed by atoms with van der Waals surface area (Å²) in [5.41, 5.74) is 7.08. The molecule has 0 saturated heterocycles. The number of carbonyl (C=O) groups is 2. The van der Waals surface area contributed by atoms with Crippen LogP contribution in [0, 0.1) is 0 Å². The number of carbonyl (C=O) groups excluding carboxylic acids is 2. The molecule has 1 aromatic heterocycles. The van der Waals surface area contributed by atoms with Crippen LogP contribution in [0.25, 0.3) is 10.8 Å². The Hall–Kier alpha value is -2.01. The van der Waals surface area contributed by atoms with Crippen molar-refractivity contribution in [3.05, 3.63) is 55.3 Å². The molecule has 0 unspecified atom stereocenters. The number of nitrogens with two attached hydrogens (primary N) is 1. The summed E-state index contributed by atoms with van der Waals surface area (Å²) in [5, 5.41) is 8.26. The molecule has 1 aliphatic rings. The molecule has 0 atom stereocenters. The summed E-state index contributed by atoms with van der Waals surface area (Å²) in [6.07, 6.45) is 3.87. The molecule has 0 bridgehead atoms. The fourth-order valence-corrected chi connectivity index (χ4v) is 6.28. The Morgan fingerprint density at radius 3 is 2.72 bits per heavy atom. The SMILES string of the molecule is NC(=O)c1c(NC(=S)NC(=O)COc2ccc3cc(Br)ccc3c2Br)sc2c1CCCC2. The lowest BCUT2D eigenvalue weighted by atomic mass is 9.95. The van der Waals surface area contributed by atoms with Gasteiger partial charge < -0.3 is 15.8 Å². The molecule has 6 nitrogen and oxygen atoms in total. The summed E-state index contributed by atoms with van der Waals surface area (Å²) < 4.78 is 7.44. The van der Waals surface area contributed by atoms with E-state index in [2.05, 4.69) is 42.5 Å². The van der Waals surface area contributed by atoms with Gasteiger partial charge in [0.05, 0.1) is 10.0 Å². The predicted molar refractivity (Wildman–Crippen MR) is 139 cm³/mol. The molecule has 2 amide bonds. The number of ether oxygens (including phenoxy) is 1. The number of fused-ring (bicyclic) bond motifs is 2. The van der Waals surface area contributed by atoms with Gasteiger partial charge in [-0.15, -0.1) is 11.3 Å². The van der Waals surface area contributed by atoms with Crippen LogP contribution in [0.3, 0.4) is 0 Å². The third-order valence-electron chi connectivity index (χ3n) is 5.14. The van der Waals surface area contributed by atoms with E-state index in [-0.39, 0.29) is 11.7 Å². The maximum Gasteiger partial charge on any atom is 0.264 e. The van der Waals surface area contributed by atoms with E-state index >= 15 is 0 Å². The number of aryl methyl sites for hydroxylation is 1. The molecule has 0 spiro atoms. The minimum atomic E-state index is -0.488. The molecule has 4 rings (SSSR count). The quantitative estimate of drug-likeness (QED) is 0.348. The van der Waals surface area contributed by atoms with E-state index in [1.165, 1.54) is 11.3 Å². The van der Waals surface area contributed by atoms with E-state index in [0.29, 0.717) is 16.3 Å². The smallest absolute Gasteiger partial charge is 0.264 e. The average Bonchev–Trinajstić information content (AvgIpc) is 3.10. The lowest BCUT2D eigenvalue weighted by Gasteiger charge is -2.12. The molecule has 1 heterocycles. The van der Waals surface area contributed by atoms with Crippen molar-refractivity contribution in [1.82, 2.24) is 5.32 Å². The van der Waals surface area contributed by atoms with E-state index in [0.717, 1.165) is 55.8 Å². The van der Waals surface area contributed by atoms with Crippen LogP contribution in [-0.4, -0.2) is 23.5 Å². The highest BCUT2D eigenvalue weighted by molar-refractivity contribution is 9.11. The van der Waals surface area contributed by atoms with E-state index in [4.69, 9.17) is 22.7 Å². The molecule has 0 saturated carbocycles. The molecule has 1 aliphatic carbocycles. The van der Waals surface area contributed by atoms with Gasteiger partial charge in [-0.1, -0.05) is 28.1 Å². The topological polar surface area (TPSA) is 93.5 Å². The van der Waals surface area contributed by atoms with Gasteiger partial charge in [-0.3, -0.25) is 14.9 Å². The van der Waals surface area contributed by atoms with Crippen molar-refractivity contribution in [2.24, 2.45) is 5.73 Å². The molecule has 10 heteroatoms. The standard InChI is InChI=1S/C22H19Br2N3O3S2/c23-12-6-7-13-11(9-12)5-8-15(19(13)24)30-10-17(28)26-22(31)27-21-18(20(25)29)14-3-1-2-4-16(14)32-21/h5-9H,1-4,10H2,(H2,25,29)(H2,26,27,28,31). The fraction of sp³-hybridized carbons (Fsp3) is 0.227. The first-order valence-corrected chi connectivity index (χ1v) is 12.7. The minimum Gasteiger partial charge on any atom is -0.483 e. The Kier molecular flexibility index (Phi) is 7.14. The van der Waals surface area contributed by atoms with Crippen molar-refractivity contribution in [2.75, 3.05) is 11.9 Å². The number of hydrogen-bond acceptors (Lipinski definition) is 5. The molecule has 32 heavy (non-hydrogen) atoms. The van der Waals surface area contributed by atoms with Gasteiger partial charge >= 0.3 is 0 Å². The number of primary amides is 1. The van der Waals surface area contributed by atoms with Crippen LogP contribution in [-0.2, 0) is 17.6 Å². The number of amides is 2. The molecule has 0 aliphatic heterocycles. The molecule has 2 aromatic carbocycles. The summed E-state index contributed by atoms with van der Waals surface area (Å²) in [6, 6.07) is 9.64. The van der Waals surface area contributed by atoms with Gasteiger partial charge in [0.25, 0.3) is 11.8 Å². The molecule has 0 fully saturated rings. The highest BCUT2D eigenvalue weighted by Crippen LogP contribution is 2.38. The number of thiocarbonyl (C=S) groups is 1. The monoisotopic (exact) mass is 595 g/mol. The van der Waals surface area contributed by atoms with Crippen LogP contribution in [0.4, 0.5) is 5.00 Å². The molecule has 0 radical (unpaired) electrons. The second kappa shape index (κ2) is 9.86. The third kappa shape index (κ3) is 4.98. The summed E-state index contributed by atoms with van der Waals surface area (Å²) in [4.78, 5) is 25.5. The molecular formula is C22H19Br2N3O3S2. The number of rotatable bonds is 5. The highest BCUT2D eigenvalue weighted by Gasteiger charge is 2.24. The Morgan fingerprint density at radius 1 is 1.16 bits per heavy atom. The van der Waals surface area contributed by atoms with Crippen molar-refractivity contribution >= 4 is 88.1 Å². The largest absolute Gasteiger partial charge is 0.483 e. The zero-order valence-electron chi connectivity index (χ0n) is 16.8. The number of halogens is 2. The summed E-state index contributed by atoms with van der Waals surface area (Å²) in [5.74, 6) is -0.347. The van der Waals surface area contributed by atoms with Crippen LogP contribution in [0.1, 0.15) is 33.6 Å². The van der Waals surface area contributed by atoms with E-state index < -0.39 is 11.8 Å². The first-order valence-electron chi connectivity index (χ1n) is 9.89. The van der Waals surface area contributed by atoms with Crippen LogP contribution in [0.15, 0.2) is 39.3 Å². The number of thiophene rings is 1. The summed E-state index contributed by atoms with van der Waals surface area (Å²) in [6.45, 7) is -0.216. The van der Waals surface area contributed by atoms with Gasteiger partial charge in [0, 0.05) is 9.35 Å². The number of benzene rings is 2. The summed E-state index contributed by atoms with van der Waals surface area (Å²) >= 11 is 13.7. The maximum atomic E-state index is 12.4. The minimum absolute atomic E-state index is 0.0992. The fourth-order valence-electron chi connectivity index (χ4n) is 3.71. The second-order valence-electron chi connectivity index (χ2n) is 7.31. The molecule has 4 N–H and O–H groups in total. The van der Waals surface area contributed by atoms with Gasteiger partial charge in [-0.25, -0.2) is 0 Å². The molecule has 3 aromatic rings. The zero-order valence-corrected chi connectivity index (χ0v) is 21.6. The van der Waals surface area contributed by atoms with E-state index in [1.807, 2.05) is 24.3 Å². The number of anilines is 1.